The number of benzene rings is 2. The number of sulfonamides is 1. The molecule has 0 saturated heterocycles. The fourth-order valence-corrected chi connectivity index (χ4v) is 3.47. The van der Waals surface area contributed by atoms with Crippen molar-refractivity contribution in [3.05, 3.63) is 36.4 Å². The molecule has 0 unspecified atom stereocenters. The van der Waals surface area contributed by atoms with Gasteiger partial charge < -0.3 is 10.5 Å². The van der Waals surface area contributed by atoms with E-state index in [-0.39, 0.29) is 4.90 Å². The lowest BCUT2D eigenvalue weighted by molar-refractivity contribution is 0.193. The minimum absolute atomic E-state index is 0.263. The number of anilines is 1. The van der Waals surface area contributed by atoms with Gasteiger partial charge in [0.1, 0.15) is 0 Å². The number of hydrogen-bond acceptors (Lipinski definition) is 4. The zero-order chi connectivity index (χ0) is 15.3. The van der Waals surface area contributed by atoms with E-state index in [1.165, 1.54) is 0 Å². The summed E-state index contributed by atoms with van der Waals surface area (Å²) in [4.78, 5) is 0.263. The summed E-state index contributed by atoms with van der Waals surface area (Å²) >= 11 is 0. The number of nitrogens with one attached hydrogen (secondary N) is 1. The molecule has 0 fully saturated rings. The second-order valence-corrected chi connectivity index (χ2v) is 6.53. The first-order valence-corrected chi connectivity index (χ1v) is 8.30. The molecule has 0 aliphatic rings. The molecule has 114 valence electrons. The predicted octanol–water partition coefficient (Wildman–Crippen LogP) is 2.13. The smallest absolute Gasteiger partial charge is 0.241 e. The Balaban J connectivity index is 2.23. The van der Waals surface area contributed by atoms with Crippen LogP contribution in [-0.2, 0) is 14.8 Å². The van der Waals surface area contributed by atoms with E-state index in [0.29, 0.717) is 24.2 Å². The average molecular weight is 308 g/mol. The molecular weight excluding hydrogens is 288 g/mol. The van der Waals surface area contributed by atoms with Gasteiger partial charge in [-0.15, -0.1) is 0 Å². The molecular formula is C15H20N2O3S. The number of rotatable bonds is 7. The van der Waals surface area contributed by atoms with Gasteiger partial charge in [-0.25, -0.2) is 13.1 Å². The van der Waals surface area contributed by atoms with Gasteiger partial charge in [0.05, 0.1) is 4.90 Å². The molecule has 0 spiro atoms. The lowest BCUT2D eigenvalue weighted by Gasteiger charge is -2.11. The van der Waals surface area contributed by atoms with Gasteiger partial charge in [-0.2, -0.15) is 0 Å². The number of nitrogens with two attached hydrogens (primary N) is 1. The zero-order valence-electron chi connectivity index (χ0n) is 12.0. The molecule has 21 heavy (non-hydrogen) atoms. The summed E-state index contributed by atoms with van der Waals surface area (Å²) in [6, 6.07) is 10.4. The van der Waals surface area contributed by atoms with Gasteiger partial charge in [0.25, 0.3) is 0 Å². The van der Waals surface area contributed by atoms with Crippen LogP contribution in [0.5, 0.6) is 0 Å². The van der Waals surface area contributed by atoms with Crippen LogP contribution in [0.1, 0.15) is 12.8 Å². The normalized spacial score (nSPS) is 11.9. The topological polar surface area (TPSA) is 81.4 Å². The van der Waals surface area contributed by atoms with Gasteiger partial charge in [0, 0.05) is 36.7 Å². The standard InChI is InChI=1S/C15H20N2O3S/c1-20-11-5-4-10-17-21(18,19)15-9-8-14(16)12-6-2-3-7-13(12)15/h2-3,6-9,17H,4-5,10-11,16H2,1H3. The Morgan fingerprint density at radius 2 is 1.81 bits per heavy atom. The van der Waals surface area contributed by atoms with Crippen LogP contribution in [0.4, 0.5) is 5.69 Å². The fraction of sp³-hybridized carbons (Fsp3) is 0.333. The van der Waals surface area contributed by atoms with Gasteiger partial charge in [-0.3, -0.25) is 0 Å². The summed E-state index contributed by atoms with van der Waals surface area (Å²) in [5.74, 6) is 0. The summed E-state index contributed by atoms with van der Waals surface area (Å²) in [5, 5.41) is 1.39. The number of nitrogen functional groups attached to an aromatic ring is 1. The molecule has 0 bridgehead atoms. The summed E-state index contributed by atoms with van der Waals surface area (Å²) in [5.41, 5.74) is 6.47. The van der Waals surface area contributed by atoms with Crippen molar-refractivity contribution in [3.8, 4) is 0 Å². The van der Waals surface area contributed by atoms with Crippen molar-refractivity contribution in [2.45, 2.75) is 17.7 Å². The SMILES string of the molecule is COCCCCNS(=O)(=O)c1ccc(N)c2ccccc12. The number of fused-ring (bicyclic) bond motifs is 1. The first kappa shape index (κ1) is 15.8. The van der Waals surface area contributed by atoms with E-state index in [4.69, 9.17) is 10.5 Å². The molecule has 6 heteroatoms. The molecule has 5 nitrogen and oxygen atoms in total. The number of unbranched alkanes of at least 4 members (excludes halogenated alkanes) is 1. The molecule has 0 aliphatic carbocycles. The minimum Gasteiger partial charge on any atom is -0.398 e. The van der Waals surface area contributed by atoms with Crippen LogP contribution in [0.3, 0.4) is 0 Å². The minimum atomic E-state index is -3.54. The summed E-state index contributed by atoms with van der Waals surface area (Å²) in [7, 11) is -1.91. The van der Waals surface area contributed by atoms with Crippen molar-refractivity contribution in [1.29, 1.82) is 0 Å². The third kappa shape index (κ3) is 3.72. The van der Waals surface area contributed by atoms with Gasteiger partial charge in [-0.1, -0.05) is 24.3 Å². The highest BCUT2D eigenvalue weighted by atomic mass is 32.2. The third-order valence-electron chi connectivity index (χ3n) is 3.27. The molecule has 0 aliphatic heterocycles. The predicted molar refractivity (Wildman–Crippen MR) is 84.7 cm³/mol. The maximum atomic E-state index is 12.4. The Labute approximate surface area is 125 Å². The van der Waals surface area contributed by atoms with E-state index >= 15 is 0 Å². The van der Waals surface area contributed by atoms with Crippen LogP contribution in [0, 0.1) is 0 Å². The van der Waals surface area contributed by atoms with Crippen molar-refractivity contribution in [3.63, 3.8) is 0 Å². The van der Waals surface area contributed by atoms with Crippen molar-refractivity contribution in [1.82, 2.24) is 4.72 Å². The Kier molecular flexibility index (Phi) is 5.17. The monoisotopic (exact) mass is 308 g/mol. The first-order chi connectivity index (χ1) is 10.1. The van der Waals surface area contributed by atoms with Crippen LogP contribution >= 0.6 is 0 Å². The van der Waals surface area contributed by atoms with E-state index < -0.39 is 10.0 Å². The highest BCUT2D eigenvalue weighted by Gasteiger charge is 2.17. The molecule has 0 amide bonds. The number of methoxy groups -OCH3 is 1. The number of ether oxygens (including phenoxy) is 1. The Hall–Kier alpha value is -1.63. The summed E-state index contributed by atoms with van der Waals surface area (Å²) in [6.45, 7) is 1.02. The van der Waals surface area contributed by atoms with E-state index in [1.807, 2.05) is 12.1 Å². The van der Waals surface area contributed by atoms with Crippen LogP contribution < -0.4 is 10.5 Å². The molecule has 0 saturated carbocycles. The van der Waals surface area contributed by atoms with Gasteiger partial charge in [0.2, 0.25) is 10.0 Å². The van der Waals surface area contributed by atoms with E-state index in [0.717, 1.165) is 18.2 Å². The summed E-state index contributed by atoms with van der Waals surface area (Å²) < 4.78 is 32.4. The van der Waals surface area contributed by atoms with Crippen LogP contribution in [-0.4, -0.2) is 28.7 Å². The van der Waals surface area contributed by atoms with Gasteiger partial charge in [0.15, 0.2) is 0 Å². The molecule has 0 radical (unpaired) electrons. The Morgan fingerprint density at radius 3 is 2.52 bits per heavy atom. The summed E-state index contributed by atoms with van der Waals surface area (Å²) in [6.07, 6.45) is 1.56. The molecule has 0 heterocycles. The highest BCUT2D eigenvalue weighted by molar-refractivity contribution is 7.89. The Bertz CT molecular complexity index is 714. The van der Waals surface area contributed by atoms with E-state index in [9.17, 15) is 8.42 Å². The van der Waals surface area contributed by atoms with Crippen LogP contribution in [0.25, 0.3) is 10.8 Å². The second-order valence-electron chi connectivity index (χ2n) is 4.80. The van der Waals surface area contributed by atoms with E-state index in [2.05, 4.69) is 4.72 Å². The fourth-order valence-electron chi connectivity index (χ4n) is 2.18. The van der Waals surface area contributed by atoms with Crippen molar-refractivity contribution in [2.24, 2.45) is 0 Å². The molecule has 0 atom stereocenters. The maximum Gasteiger partial charge on any atom is 0.241 e. The van der Waals surface area contributed by atoms with Gasteiger partial charge in [-0.05, 0) is 25.0 Å². The molecule has 3 N–H and O–H groups in total. The second kappa shape index (κ2) is 6.89. The van der Waals surface area contributed by atoms with Crippen molar-refractivity contribution < 1.29 is 13.2 Å². The van der Waals surface area contributed by atoms with Crippen molar-refractivity contribution >= 4 is 26.5 Å². The van der Waals surface area contributed by atoms with E-state index in [1.54, 1.807) is 31.4 Å². The largest absolute Gasteiger partial charge is 0.398 e. The van der Waals surface area contributed by atoms with Crippen LogP contribution in [0.15, 0.2) is 41.3 Å². The maximum absolute atomic E-state index is 12.4. The van der Waals surface area contributed by atoms with Crippen molar-refractivity contribution in [2.75, 3.05) is 26.0 Å². The quantitative estimate of drug-likeness (QED) is 0.606. The van der Waals surface area contributed by atoms with Crippen LogP contribution in [0.2, 0.25) is 0 Å². The highest BCUT2D eigenvalue weighted by Crippen LogP contribution is 2.27. The number of hydrogen-bond donors (Lipinski definition) is 2. The lowest BCUT2D eigenvalue weighted by Crippen LogP contribution is -2.25. The average Bonchev–Trinajstić information content (AvgIpc) is 2.47. The molecule has 2 aromatic rings. The molecule has 2 aromatic carbocycles. The van der Waals surface area contributed by atoms with Gasteiger partial charge >= 0.3 is 0 Å². The Morgan fingerprint density at radius 1 is 1.10 bits per heavy atom. The zero-order valence-corrected chi connectivity index (χ0v) is 12.8. The third-order valence-corrected chi connectivity index (χ3v) is 4.79. The molecule has 2 rings (SSSR count). The lowest BCUT2D eigenvalue weighted by atomic mass is 10.1. The first-order valence-electron chi connectivity index (χ1n) is 6.82. The molecule has 0 aromatic heterocycles.